The molecule has 0 unspecified atom stereocenters. The zero-order chi connectivity index (χ0) is 29.0. The zero-order valence-corrected chi connectivity index (χ0v) is 23.1. The molecular formula is C38H25FN4. The van der Waals surface area contributed by atoms with Gasteiger partial charge < -0.3 is 0 Å². The van der Waals surface area contributed by atoms with Crippen LogP contribution in [0.2, 0.25) is 0 Å². The number of nitrogens with zero attached hydrogens (tertiary/aromatic N) is 4. The summed E-state index contributed by atoms with van der Waals surface area (Å²) in [6.07, 6.45) is 0. The van der Waals surface area contributed by atoms with Crippen molar-refractivity contribution in [3.8, 4) is 67.8 Å². The number of halogens is 1. The maximum Gasteiger partial charge on any atom is 0.160 e. The molecule has 0 amide bonds. The van der Waals surface area contributed by atoms with Gasteiger partial charge in [0.05, 0.1) is 22.8 Å². The van der Waals surface area contributed by atoms with Crippen LogP contribution in [0.3, 0.4) is 0 Å². The fourth-order valence-corrected chi connectivity index (χ4v) is 5.01. The third-order valence-electron chi connectivity index (χ3n) is 7.19. The van der Waals surface area contributed by atoms with E-state index in [2.05, 4.69) is 0 Å². The lowest BCUT2D eigenvalue weighted by atomic mass is 10.0. The highest BCUT2D eigenvalue weighted by Crippen LogP contribution is 2.33. The molecule has 204 valence electrons. The van der Waals surface area contributed by atoms with Crippen molar-refractivity contribution < 1.29 is 4.39 Å². The Morgan fingerprint density at radius 3 is 1.16 bits per heavy atom. The summed E-state index contributed by atoms with van der Waals surface area (Å²) in [5, 5.41) is 0. The van der Waals surface area contributed by atoms with E-state index in [0.717, 1.165) is 33.6 Å². The van der Waals surface area contributed by atoms with E-state index < -0.39 is 0 Å². The summed E-state index contributed by atoms with van der Waals surface area (Å²) >= 11 is 0. The molecule has 0 radical (unpaired) electrons. The Kier molecular flexibility index (Phi) is 7.04. The van der Waals surface area contributed by atoms with Crippen LogP contribution in [-0.2, 0) is 0 Å². The first kappa shape index (κ1) is 26.1. The van der Waals surface area contributed by atoms with E-state index in [1.54, 1.807) is 12.1 Å². The van der Waals surface area contributed by atoms with E-state index >= 15 is 4.39 Å². The van der Waals surface area contributed by atoms with Crippen LogP contribution in [-0.4, -0.2) is 19.9 Å². The van der Waals surface area contributed by atoms with Crippen molar-refractivity contribution in [1.29, 1.82) is 0 Å². The van der Waals surface area contributed by atoms with Gasteiger partial charge in [0.1, 0.15) is 5.82 Å². The van der Waals surface area contributed by atoms with Crippen molar-refractivity contribution in [2.24, 2.45) is 0 Å². The Bertz CT molecular complexity index is 1900. The molecule has 5 aromatic carbocycles. The molecule has 0 aliphatic carbocycles. The van der Waals surface area contributed by atoms with Crippen molar-refractivity contribution in [3.05, 3.63) is 157 Å². The first-order chi connectivity index (χ1) is 21.2. The second-order valence-corrected chi connectivity index (χ2v) is 10.1. The van der Waals surface area contributed by atoms with Gasteiger partial charge in [-0.25, -0.2) is 24.3 Å². The van der Waals surface area contributed by atoms with Gasteiger partial charge in [0.25, 0.3) is 0 Å². The number of rotatable bonds is 6. The maximum atomic E-state index is 15.6. The lowest BCUT2D eigenvalue weighted by Gasteiger charge is -2.12. The van der Waals surface area contributed by atoms with E-state index in [0.29, 0.717) is 34.2 Å². The molecule has 0 bridgehead atoms. The minimum absolute atomic E-state index is 0.351. The Morgan fingerprint density at radius 1 is 0.326 bits per heavy atom. The number of aromatic nitrogens is 4. The first-order valence-corrected chi connectivity index (χ1v) is 14.0. The molecule has 7 rings (SSSR count). The summed E-state index contributed by atoms with van der Waals surface area (Å²) in [7, 11) is 0. The predicted molar refractivity (Wildman–Crippen MR) is 170 cm³/mol. The average molecular weight is 557 g/mol. The smallest absolute Gasteiger partial charge is 0.160 e. The van der Waals surface area contributed by atoms with Crippen LogP contribution in [0.4, 0.5) is 4.39 Å². The van der Waals surface area contributed by atoms with Crippen LogP contribution in [0.5, 0.6) is 0 Å². The largest absolute Gasteiger partial charge is 0.228 e. The fraction of sp³-hybridized carbons (Fsp3) is 0. The molecule has 0 N–H and O–H groups in total. The van der Waals surface area contributed by atoms with Gasteiger partial charge in [-0.15, -0.1) is 0 Å². The quantitative estimate of drug-likeness (QED) is 0.205. The van der Waals surface area contributed by atoms with Gasteiger partial charge in [0.15, 0.2) is 11.6 Å². The van der Waals surface area contributed by atoms with Gasteiger partial charge in [-0.3, -0.25) is 0 Å². The molecule has 4 nitrogen and oxygen atoms in total. The van der Waals surface area contributed by atoms with Gasteiger partial charge in [0, 0.05) is 33.4 Å². The average Bonchev–Trinajstić information content (AvgIpc) is 3.09. The molecular weight excluding hydrogens is 531 g/mol. The van der Waals surface area contributed by atoms with E-state index in [1.807, 2.05) is 133 Å². The zero-order valence-electron chi connectivity index (χ0n) is 23.1. The number of hydrogen-bond donors (Lipinski definition) is 0. The molecule has 7 aromatic rings. The van der Waals surface area contributed by atoms with Gasteiger partial charge in [-0.1, -0.05) is 121 Å². The Labute approximate surface area is 249 Å². The molecule has 5 heteroatoms. The van der Waals surface area contributed by atoms with Crippen molar-refractivity contribution in [3.63, 3.8) is 0 Å². The van der Waals surface area contributed by atoms with Crippen LogP contribution in [0, 0.1) is 5.82 Å². The maximum absolute atomic E-state index is 15.6. The minimum atomic E-state index is -0.386. The van der Waals surface area contributed by atoms with E-state index in [1.165, 1.54) is 6.07 Å². The molecule has 43 heavy (non-hydrogen) atoms. The Morgan fingerprint density at radius 2 is 0.698 bits per heavy atom. The van der Waals surface area contributed by atoms with Gasteiger partial charge >= 0.3 is 0 Å². The summed E-state index contributed by atoms with van der Waals surface area (Å²) in [5.74, 6) is 0.639. The lowest BCUT2D eigenvalue weighted by Crippen LogP contribution is -1.99. The molecule has 0 spiro atoms. The Hall–Kier alpha value is -5.81. The standard InChI is InChI=1S/C38H25FN4/c39-32-22-21-30(38-41-33(26-13-5-1-6-14-26)24-34(42-38)27-15-7-2-8-16-27)23-31(32)36-25-35(28-17-9-3-10-18-28)40-37(43-36)29-19-11-4-12-20-29/h1-25H. The highest BCUT2D eigenvalue weighted by atomic mass is 19.1. The van der Waals surface area contributed by atoms with Crippen LogP contribution in [0.15, 0.2) is 152 Å². The number of benzene rings is 5. The van der Waals surface area contributed by atoms with E-state index in [9.17, 15) is 0 Å². The Balaban J connectivity index is 1.40. The molecule has 2 aromatic heterocycles. The van der Waals surface area contributed by atoms with E-state index in [4.69, 9.17) is 19.9 Å². The lowest BCUT2D eigenvalue weighted by molar-refractivity contribution is 0.631. The van der Waals surface area contributed by atoms with Crippen LogP contribution in [0.25, 0.3) is 67.8 Å². The summed E-state index contributed by atoms with van der Waals surface area (Å²) < 4.78 is 15.6. The topological polar surface area (TPSA) is 51.6 Å². The molecule has 0 aliphatic rings. The summed E-state index contributed by atoms with van der Waals surface area (Å²) in [6.45, 7) is 0. The molecule has 0 fully saturated rings. The summed E-state index contributed by atoms with van der Waals surface area (Å²) in [6, 6.07) is 48.3. The number of hydrogen-bond acceptors (Lipinski definition) is 4. The van der Waals surface area contributed by atoms with Crippen LogP contribution in [0.1, 0.15) is 0 Å². The fourth-order valence-electron chi connectivity index (χ4n) is 5.01. The normalized spacial score (nSPS) is 10.9. The van der Waals surface area contributed by atoms with Crippen LogP contribution >= 0.6 is 0 Å². The minimum Gasteiger partial charge on any atom is -0.228 e. The first-order valence-electron chi connectivity index (χ1n) is 14.0. The molecule has 0 saturated carbocycles. The second-order valence-electron chi connectivity index (χ2n) is 10.1. The van der Waals surface area contributed by atoms with Gasteiger partial charge in [0.2, 0.25) is 0 Å². The monoisotopic (exact) mass is 556 g/mol. The van der Waals surface area contributed by atoms with Crippen molar-refractivity contribution >= 4 is 0 Å². The van der Waals surface area contributed by atoms with Crippen molar-refractivity contribution in [2.75, 3.05) is 0 Å². The van der Waals surface area contributed by atoms with Gasteiger partial charge in [-0.05, 0) is 30.3 Å². The van der Waals surface area contributed by atoms with E-state index in [-0.39, 0.29) is 5.82 Å². The van der Waals surface area contributed by atoms with Crippen molar-refractivity contribution in [2.45, 2.75) is 0 Å². The summed E-state index contributed by atoms with van der Waals surface area (Å²) in [5.41, 5.74) is 7.53. The van der Waals surface area contributed by atoms with Crippen molar-refractivity contribution in [1.82, 2.24) is 19.9 Å². The SMILES string of the molecule is Fc1ccc(-c2nc(-c3ccccc3)cc(-c3ccccc3)n2)cc1-c1cc(-c2ccccc2)nc(-c2ccccc2)n1. The van der Waals surface area contributed by atoms with Gasteiger partial charge in [-0.2, -0.15) is 0 Å². The highest BCUT2D eigenvalue weighted by molar-refractivity contribution is 5.77. The molecule has 0 saturated heterocycles. The second kappa shape index (κ2) is 11.6. The summed E-state index contributed by atoms with van der Waals surface area (Å²) in [4.78, 5) is 19.5. The molecule has 2 heterocycles. The molecule has 0 aliphatic heterocycles. The third kappa shape index (κ3) is 5.56. The third-order valence-corrected chi connectivity index (χ3v) is 7.19. The highest BCUT2D eigenvalue weighted by Gasteiger charge is 2.17. The van der Waals surface area contributed by atoms with Crippen LogP contribution < -0.4 is 0 Å². The predicted octanol–water partition coefficient (Wildman–Crippen LogP) is 9.41. The molecule has 0 atom stereocenters.